The van der Waals surface area contributed by atoms with Gasteiger partial charge < -0.3 is 14.8 Å². The van der Waals surface area contributed by atoms with Crippen molar-refractivity contribution in [3.8, 4) is 17.2 Å². The van der Waals surface area contributed by atoms with Crippen LogP contribution in [-0.4, -0.2) is 34.2 Å². The molecule has 2 aromatic carbocycles. The summed E-state index contributed by atoms with van der Waals surface area (Å²) in [4.78, 5) is 44.3. The minimum atomic E-state index is -0.677. The first-order valence-corrected chi connectivity index (χ1v) is 11.0. The number of rotatable bonds is 7. The first kappa shape index (κ1) is 23.7. The lowest BCUT2D eigenvalue weighted by atomic mass is 10.1. The van der Waals surface area contributed by atoms with Gasteiger partial charge in [0.1, 0.15) is 18.0 Å². The van der Waals surface area contributed by atoms with E-state index in [-0.39, 0.29) is 17.6 Å². The third kappa shape index (κ3) is 4.65. The van der Waals surface area contributed by atoms with Crippen LogP contribution in [0.3, 0.4) is 0 Å². The van der Waals surface area contributed by atoms with Gasteiger partial charge in [0, 0.05) is 12.2 Å². The number of carbonyl (C=O) groups is 1. The fourth-order valence-corrected chi connectivity index (χ4v) is 3.99. The van der Waals surface area contributed by atoms with E-state index in [0.717, 1.165) is 10.1 Å². The quantitative estimate of drug-likeness (QED) is 0.441. The topological polar surface area (TPSA) is 104 Å². The van der Waals surface area contributed by atoms with E-state index in [1.807, 2.05) is 12.1 Å². The number of carbonyl (C=O) groups excluding carboxylic acids is 1. The van der Waals surface area contributed by atoms with Crippen LogP contribution in [0.15, 0.2) is 64.2 Å². The molecule has 0 saturated heterocycles. The number of ether oxygens (including phenoxy) is 2. The molecule has 0 unspecified atom stereocenters. The van der Waals surface area contributed by atoms with Crippen LogP contribution in [0.2, 0.25) is 0 Å². The number of aryl methyl sites for hydroxylation is 2. The van der Waals surface area contributed by atoms with Crippen LogP contribution in [0, 0.1) is 13.8 Å². The lowest BCUT2D eigenvalue weighted by Crippen LogP contribution is -2.44. The first-order chi connectivity index (χ1) is 16.8. The van der Waals surface area contributed by atoms with Crippen LogP contribution < -0.4 is 26.0 Å². The zero-order chi connectivity index (χ0) is 25.1. The Bertz CT molecular complexity index is 1520. The molecular weight excluding hydrogens is 448 g/mol. The number of hydrogen-bond donors (Lipinski definition) is 1. The minimum Gasteiger partial charge on any atom is -0.497 e. The summed E-state index contributed by atoms with van der Waals surface area (Å²) < 4.78 is 12.9. The Labute approximate surface area is 201 Å². The van der Waals surface area contributed by atoms with Crippen LogP contribution in [0.1, 0.15) is 16.8 Å². The Morgan fingerprint density at radius 3 is 2.40 bits per heavy atom. The molecule has 9 nitrogen and oxygen atoms in total. The second kappa shape index (κ2) is 9.84. The fourth-order valence-electron chi connectivity index (χ4n) is 3.99. The van der Waals surface area contributed by atoms with Crippen molar-refractivity contribution < 1.29 is 14.3 Å². The lowest BCUT2D eigenvalue weighted by Gasteiger charge is -2.17. The summed E-state index contributed by atoms with van der Waals surface area (Å²) in [6.45, 7) is 3.38. The number of pyridine rings is 1. The van der Waals surface area contributed by atoms with Gasteiger partial charge in [0.2, 0.25) is 5.91 Å². The smallest absolute Gasteiger partial charge is 0.337 e. The van der Waals surface area contributed by atoms with Gasteiger partial charge in [-0.15, -0.1) is 0 Å². The molecule has 1 amide bonds. The van der Waals surface area contributed by atoms with E-state index in [0.29, 0.717) is 28.4 Å². The largest absolute Gasteiger partial charge is 0.497 e. The third-order valence-corrected chi connectivity index (χ3v) is 5.70. The minimum absolute atomic E-state index is 0.219. The van der Waals surface area contributed by atoms with E-state index in [1.54, 1.807) is 63.4 Å². The summed E-state index contributed by atoms with van der Waals surface area (Å²) in [7, 11) is 3.08. The van der Waals surface area contributed by atoms with Crippen molar-refractivity contribution in [3.05, 3.63) is 92.3 Å². The van der Waals surface area contributed by atoms with Gasteiger partial charge in [0.25, 0.3) is 5.56 Å². The molecular formula is C26H26N4O5. The van der Waals surface area contributed by atoms with Crippen molar-refractivity contribution in [1.29, 1.82) is 0 Å². The number of benzene rings is 2. The summed E-state index contributed by atoms with van der Waals surface area (Å²) in [5.74, 6) is 0.675. The molecule has 4 rings (SSSR count). The molecule has 4 aromatic rings. The van der Waals surface area contributed by atoms with E-state index in [1.165, 1.54) is 11.7 Å². The Hall–Kier alpha value is -4.40. The van der Waals surface area contributed by atoms with E-state index >= 15 is 0 Å². The number of hydrogen-bond acceptors (Lipinski definition) is 6. The average Bonchev–Trinajstić information content (AvgIpc) is 2.85. The van der Waals surface area contributed by atoms with Crippen LogP contribution in [0.4, 0.5) is 0 Å². The molecule has 1 N–H and O–H groups in total. The summed E-state index contributed by atoms with van der Waals surface area (Å²) in [5, 5.41) is 3.03. The molecule has 0 fully saturated rings. The SMILES string of the molecule is COc1ccc(CNC(=O)Cn2c(=O)c3c(C)cc(C)nc3n(-c3ccccc3OC)c2=O)cc1. The van der Waals surface area contributed by atoms with Crippen molar-refractivity contribution in [1.82, 2.24) is 19.4 Å². The molecule has 0 atom stereocenters. The first-order valence-electron chi connectivity index (χ1n) is 11.0. The second-order valence-corrected chi connectivity index (χ2v) is 8.09. The molecule has 2 aromatic heterocycles. The highest BCUT2D eigenvalue weighted by atomic mass is 16.5. The van der Waals surface area contributed by atoms with Crippen LogP contribution in [0.25, 0.3) is 16.7 Å². The molecule has 0 radical (unpaired) electrons. The van der Waals surface area contributed by atoms with E-state index in [4.69, 9.17) is 9.47 Å². The fraction of sp³-hybridized carbons (Fsp3) is 0.231. The lowest BCUT2D eigenvalue weighted by molar-refractivity contribution is -0.121. The maximum absolute atomic E-state index is 13.6. The molecule has 9 heteroatoms. The number of amides is 1. The highest BCUT2D eigenvalue weighted by Crippen LogP contribution is 2.24. The standard InChI is InChI=1S/C26H26N4O5/c1-16-13-17(2)28-24-23(16)25(32)29(26(33)30(24)20-7-5-6-8-21(20)35-4)15-22(31)27-14-18-9-11-19(34-3)12-10-18/h5-13H,14-15H2,1-4H3,(H,27,31). The summed E-state index contributed by atoms with van der Waals surface area (Å²) in [6.07, 6.45) is 0. The predicted molar refractivity (Wildman–Crippen MR) is 132 cm³/mol. The van der Waals surface area contributed by atoms with Gasteiger partial charge in [-0.25, -0.2) is 18.9 Å². The number of nitrogens with zero attached hydrogens (tertiary/aromatic N) is 3. The Morgan fingerprint density at radius 2 is 1.71 bits per heavy atom. The molecule has 0 aliphatic heterocycles. The van der Waals surface area contributed by atoms with E-state index in [2.05, 4.69) is 10.3 Å². The van der Waals surface area contributed by atoms with Gasteiger partial charge in [0.15, 0.2) is 5.65 Å². The third-order valence-electron chi connectivity index (χ3n) is 5.70. The Kier molecular flexibility index (Phi) is 6.68. The summed E-state index contributed by atoms with van der Waals surface area (Å²) in [6, 6.07) is 16.0. The molecule has 2 heterocycles. The molecule has 0 bridgehead atoms. The number of aromatic nitrogens is 3. The molecule has 35 heavy (non-hydrogen) atoms. The molecule has 0 spiro atoms. The predicted octanol–water partition coefficient (Wildman–Crippen LogP) is 2.50. The van der Waals surface area contributed by atoms with Crippen LogP contribution >= 0.6 is 0 Å². The maximum atomic E-state index is 13.6. The summed E-state index contributed by atoms with van der Waals surface area (Å²) >= 11 is 0. The van der Waals surface area contributed by atoms with E-state index < -0.39 is 23.7 Å². The normalized spacial score (nSPS) is 10.9. The van der Waals surface area contributed by atoms with Gasteiger partial charge in [-0.1, -0.05) is 24.3 Å². The number of nitrogens with one attached hydrogen (secondary N) is 1. The zero-order valence-electron chi connectivity index (χ0n) is 20.0. The zero-order valence-corrected chi connectivity index (χ0v) is 20.0. The van der Waals surface area contributed by atoms with Gasteiger partial charge in [-0.2, -0.15) is 0 Å². The highest BCUT2D eigenvalue weighted by Gasteiger charge is 2.21. The Balaban J connectivity index is 1.78. The van der Waals surface area contributed by atoms with Gasteiger partial charge in [-0.3, -0.25) is 9.59 Å². The van der Waals surface area contributed by atoms with Gasteiger partial charge in [-0.05, 0) is 55.3 Å². The molecule has 0 aliphatic carbocycles. The van der Waals surface area contributed by atoms with Crippen molar-refractivity contribution in [2.24, 2.45) is 0 Å². The van der Waals surface area contributed by atoms with Crippen molar-refractivity contribution in [2.45, 2.75) is 26.9 Å². The van der Waals surface area contributed by atoms with Gasteiger partial charge in [0.05, 0.1) is 25.3 Å². The second-order valence-electron chi connectivity index (χ2n) is 8.09. The Morgan fingerprint density at radius 1 is 1.00 bits per heavy atom. The number of methoxy groups -OCH3 is 2. The average molecular weight is 475 g/mol. The molecule has 0 saturated carbocycles. The highest BCUT2D eigenvalue weighted by molar-refractivity contribution is 5.81. The maximum Gasteiger partial charge on any atom is 0.337 e. The number of para-hydroxylation sites is 2. The number of fused-ring (bicyclic) bond motifs is 1. The molecule has 180 valence electrons. The molecule has 0 aliphatic rings. The van der Waals surface area contributed by atoms with Crippen molar-refractivity contribution >= 4 is 16.9 Å². The van der Waals surface area contributed by atoms with Crippen molar-refractivity contribution in [2.75, 3.05) is 14.2 Å². The van der Waals surface area contributed by atoms with Crippen LogP contribution in [0.5, 0.6) is 11.5 Å². The van der Waals surface area contributed by atoms with E-state index in [9.17, 15) is 14.4 Å². The van der Waals surface area contributed by atoms with Crippen molar-refractivity contribution in [3.63, 3.8) is 0 Å². The summed E-state index contributed by atoms with van der Waals surface area (Å²) in [5.41, 5.74) is 1.57. The monoisotopic (exact) mass is 474 g/mol. The van der Waals surface area contributed by atoms with Gasteiger partial charge >= 0.3 is 5.69 Å². The van der Waals surface area contributed by atoms with Crippen LogP contribution in [-0.2, 0) is 17.9 Å².